The lowest BCUT2D eigenvalue weighted by Gasteiger charge is -2.07. The van der Waals surface area contributed by atoms with Crippen molar-refractivity contribution < 1.29 is 13.6 Å². The van der Waals surface area contributed by atoms with Crippen LogP contribution in [0, 0.1) is 11.6 Å². The summed E-state index contributed by atoms with van der Waals surface area (Å²) in [5.41, 5.74) is 0.876. The summed E-state index contributed by atoms with van der Waals surface area (Å²) in [6, 6.07) is 5.09. The number of rotatable bonds is 1. The van der Waals surface area contributed by atoms with Crippen molar-refractivity contribution in [1.82, 2.24) is 10.3 Å². The lowest BCUT2D eigenvalue weighted by molar-refractivity contribution is 0.0965. The zero-order valence-corrected chi connectivity index (χ0v) is 11.1. The largest absolute Gasteiger partial charge is 0.346 e. The monoisotopic (exact) mass is 324 g/mol. The van der Waals surface area contributed by atoms with Crippen molar-refractivity contribution in [3.8, 4) is 11.3 Å². The summed E-state index contributed by atoms with van der Waals surface area (Å²) in [5.74, 6) is -1.61. The molecule has 0 fully saturated rings. The van der Waals surface area contributed by atoms with Gasteiger partial charge in [0.25, 0.3) is 5.91 Å². The van der Waals surface area contributed by atoms with Gasteiger partial charge < -0.3 is 5.32 Å². The molecular weight excluding hydrogens is 318 g/mol. The van der Waals surface area contributed by atoms with E-state index in [1.807, 2.05) is 0 Å². The molecule has 2 heterocycles. The highest BCUT2D eigenvalue weighted by Crippen LogP contribution is 2.31. The number of carbonyl (C=O) groups excluding carboxylic acids is 1. The Hall–Kier alpha value is -1.82. The fourth-order valence-electron chi connectivity index (χ4n) is 2.05. The molecule has 0 bridgehead atoms. The molecule has 1 N–H and O–H groups in total. The highest BCUT2D eigenvalue weighted by Gasteiger charge is 2.25. The summed E-state index contributed by atoms with van der Waals surface area (Å²) in [6.45, 7) is 0.261. The highest BCUT2D eigenvalue weighted by atomic mass is 79.9. The third kappa shape index (κ3) is 1.92. The standard InChI is InChI=1S/C13H7BrF2N2O/c14-6-4-9(12-7(15)2-1-3-8(12)16)18-10-5-17-13(19)11(6)10/h1-4H,5H2,(H,17,19). The Bertz CT molecular complexity index is 683. The lowest BCUT2D eigenvalue weighted by atomic mass is 10.1. The molecule has 96 valence electrons. The Kier molecular flexibility index (Phi) is 2.82. The van der Waals surface area contributed by atoms with Crippen molar-refractivity contribution in [3.05, 3.63) is 51.6 Å². The number of benzene rings is 1. The zero-order chi connectivity index (χ0) is 13.6. The molecule has 0 unspecified atom stereocenters. The molecule has 1 aliphatic heterocycles. The Balaban J connectivity index is 2.23. The Morgan fingerprint density at radius 3 is 2.58 bits per heavy atom. The van der Waals surface area contributed by atoms with Crippen LogP contribution in [0.5, 0.6) is 0 Å². The quantitative estimate of drug-likeness (QED) is 0.876. The molecule has 0 spiro atoms. The number of halogens is 3. The first-order valence-electron chi connectivity index (χ1n) is 5.50. The molecule has 6 heteroatoms. The molecule has 0 saturated carbocycles. The second kappa shape index (κ2) is 4.38. The molecule has 19 heavy (non-hydrogen) atoms. The van der Waals surface area contributed by atoms with Gasteiger partial charge in [0.15, 0.2) is 0 Å². The molecule has 0 saturated heterocycles. The maximum atomic E-state index is 13.7. The first-order valence-corrected chi connectivity index (χ1v) is 6.29. The summed E-state index contributed by atoms with van der Waals surface area (Å²) < 4.78 is 27.9. The van der Waals surface area contributed by atoms with Gasteiger partial charge in [0, 0.05) is 4.47 Å². The van der Waals surface area contributed by atoms with Gasteiger partial charge >= 0.3 is 0 Å². The summed E-state index contributed by atoms with van der Waals surface area (Å²) >= 11 is 3.24. The van der Waals surface area contributed by atoms with E-state index in [9.17, 15) is 13.6 Å². The zero-order valence-electron chi connectivity index (χ0n) is 9.51. The van der Waals surface area contributed by atoms with Crippen molar-refractivity contribution >= 4 is 21.8 Å². The second-order valence-electron chi connectivity index (χ2n) is 4.09. The molecule has 0 atom stereocenters. The predicted octanol–water partition coefficient (Wildman–Crippen LogP) is 3.03. The van der Waals surface area contributed by atoms with Crippen molar-refractivity contribution in [2.45, 2.75) is 6.54 Å². The fourth-order valence-corrected chi connectivity index (χ4v) is 2.68. The van der Waals surface area contributed by atoms with E-state index in [0.717, 1.165) is 0 Å². The van der Waals surface area contributed by atoms with Gasteiger partial charge in [0.1, 0.15) is 11.6 Å². The van der Waals surface area contributed by atoms with E-state index in [-0.39, 0.29) is 23.7 Å². The number of carbonyl (C=O) groups is 1. The van der Waals surface area contributed by atoms with Crippen LogP contribution in [0.2, 0.25) is 0 Å². The summed E-state index contributed by atoms with van der Waals surface area (Å²) in [6.07, 6.45) is 0. The van der Waals surface area contributed by atoms with Crippen LogP contribution < -0.4 is 5.32 Å². The Morgan fingerprint density at radius 2 is 1.89 bits per heavy atom. The third-order valence-electron chi connectivity index (χ3n) is 2.91. The molecule has 1 aliphatic rings. The maximum Gasteiger partial charge on any atom is 0.254 e. The van der Waals surface area contributed by atoms with Crippen molar-refractivity contribution in [2.75, 3.05) is 0 Å². The summed E-state index contributed by atoms with van der Waals surface area (Å²) in [7, 11) is 0. The van der Waals surface area contributed by atoms with Crippen molar-refractivity contribution in [1.29, 1.82) is 0 Å². The Morgan fingerprint density at radius 1 is 1.21 bits per heavy atom. The lowest BCUT2D eigenvalue weighted by Crippen LogP contribution is -2.12. The maximum absolute atomic E-state index is 13.7. The Labute approximate surface area is 115 Å². The van der Waals surface area contributed by atoms with Crippen LogP contribution >= 0.6 is 15.9 Å². The van der Waals surface area contributed by atoms with Gasteiger partial charge in [0.2, 0.25) is 0 Å². The molecule has 2 aromatic rings. The molecule has 1 amide bonds. The van der Waals surface area contributed by atoms with Gasteiger partial charge in [-0.2, -0.15) is 0 Å². The molecule has 0 radical (unpaired) electrons. The average Bonchev–Trinajstić information content (AvgIpc) is 2.71. The van der Waals surface area contributed by atoms with Gasteiger partial charge in [-0.25, -0.2) is 13.8 Å². The first-order chi connectivity index (χ1) is 9.08. The van der Waals surface area contributed by atoms with Gasteiger partial charge in [0.05, 0.1) is 29.1 Å². The molecule has 3 rings (SSSR count). The number of hydrogen-bond acceptors (Lipinski definition) is 2. The van der Waals surface area contributed by atoms with Crippen LogP contribution in [0.4, 0.5) is 8.78 Å². The van der Waals surface area contributed by atoms with Gasteiger partial charge in [-0.05, 0) is 34.1 Å². The minimum absolute atomic E-state index is 0.165. The minimum atomic E-state index is -0.684. The smallest absolute Gasteiger partial charge is 0.254 e. The van der Waals surface area contributed by atoms with E-state index in [1.54, 1.807) is 0 Å². The molecule has 0 aliphatic carbocycles. The van der Waals surface area contributed by atoms with E-state index < -0.39 is 11.6 Å². The van der Waals surface area contributed by atoms with Crippen LogP contribution in [0.25, 0.3) is 11.3 Å². The fraction of sp³-hybridized carbons (Fsp3) is 0.0769. The summed E-state index contributed by atoms with van der Waals surface area (Å²) in [4.78, 5) is 15.7. The second-order valence-corrected chi connectivity index (χ2v) is 4.94. The highest BCUT2D eigenvalue weighted by molar-refractivity contribution is 9.10. The average molecular weight is 325 g/mol. The van der Waals surface area contributed by atoms with Crippen LogP contribution in [0.1, 0.15) is 16.1 Å². The SMILES string of the molecule is O=C1NCc2nc(-c3c(F)cccc3F)cc(Br)c21. The van der Waals surface area contributed by atoms with E-state index in [0.29, 0.717) is 15.7 Å². The first kappa shape index (κ1) is 12.2. The number of hydrogen-bond donors (Lipinski definition) is 1. The van der Waals surface area contributed by atoms with Crippen LogP contribution in [-0.2, 0) is 6.54 Å². The van der Waals surface area contributed by atoms with Gasteiger partial charge in [-0.3, -0.25) is 4.79 Å². The summed E-state index contributed by atoms with van der Waals surface area (Å²) in [5, 5.41) is 2.61. The van der Waals surface area contributed by atoms with E-state index >= 15 is 0 Å². The van der Waals surface area contributed by atoms with Crippen LogP contribution in [0.15, 0.2) is 28.7 Å². The normalized spacial score (nSPS) is 13.3. The van der Waals surface area contributed by atoms with E-state index in [1.165, 1.54) is 24.3 Å². The molecule has 1 aromatic carbocycles. The van der Waals surface area contributed by atoms with Crippen molar-refractivity contribution in [3.63, 3.8) is 0 Å². The molecular formula is C13H7BrF2N2O. The third-order valence-corrected chi connectivity index (χ3v) is 3.53. The van der Waals surface area contributed by atoms with Crippen molar-refractivity contribution in [2.24, 2.45) is 0 Å². The number of amides is 1. The van der Waals surface area contributed by atoms with E-state index in [4.69, 9.17) is 0 Å². The van der Waals surface area contributed by atoms with Crippen LogP contribution in [-0.4, -0.2) is 10.9 Å². The number of nitrogens with one attached hydrogen (secondary N) is 1. The van der Waals surface area contributed by atoms with E-state index in [2.05, 4.69) is 26.2 Å². The molecule has 1 aromatic heterocycles. The van der Waals surface area contributed by atoms with Crippen LogP contribution in [0.3, 0.4) is 0 Å². The topological polar surface area (TPSA) is 42.0 Å². The van der Waals surface area contributed by atoms with Gasteiger partial charge in [-0.15, -0.1) is 0 Å². The predicted molar refractivity (Wildman–Crippen MR) is 68.5 cm³/mol. The minimum Gasteiger partial charge on any atom is -0.346 e. The van der Waals surface area contributed by atoms with Gasteiger partial charge in [-0.1, -0.05) is 6.07 Å². The number of pyridine rings is 1. The number of fused-ring (bicyclic) bond motifs is 1. The number of aromatic nitrogens is 1. The molecule has 3 nitrogen and oxygen atoms in total. The number of nitrogens with zero attached hydrogens (tertiary/aromatic N) is 1.